The lowest BCUT2D eigenvalue weighted by molar-refractivity contribution is 0.0923. The van der Waals surface area contributed by atoms with Gasteiger partial charge in [0.25, 0.3) is 5.91 Å². The Morgan fingerprint density at radius 3 is 2.63 bits per heavy atom. The zero-order valence-electron chi connectivity index (χ0n) is 17.1. The molecule has 0 unspecified atom stereocenters. The second-order valence-corrected chi connectivity index (χ2v) is 7.96. The number of hydrogen-bond acceptors (Lipinski definition) is 3. The number of nitrogens with zero attached hydrogens (tertiary/aromatic N) is 1. The molecule has 4 aromatic rings. The van der Waals surface area contributed by atoms with Crippen LogP contribution in [0.4, 0.5) is 0 Å². The van der Waals surface area contributed by atoms with Crippen LogP contribution in [0.1, 0.15) is 42.6 Å². The highest BCUT2D eigenvalue weighted by molar-refractivity contribution is 6.13. The van der Waals surface area contributed by atoms with Crippen LogP contribution in [0.2, 0.25) is 0 Å². The minimum atomic E-state index is -0.106. The lowest BCUT2D eigenvalue weighted by atomic mass is 9.95. The van der Waals surface area contributed by atoms with Gasteiger partial charge < -0.3 is 15.0 Å². The minimum Gasteiger partial charge on any atom is -0.496 e. The predicted molar refractivity (Wildman–Crippen MR) is 120 cm³/mol. The van der Waals surface area contributed by atoms with Crippen molar-refractivity contribution in [3.63, 3.8) is 0 Å². The Morgan fingerprint density at radius 1 is 1.03 bits per heavy atom. The minimum absolute atomic E-state index is 0.106. The molecular weight excluding hydrogens is 374 g/mol. The molecule has 2 aromatic heterocycles. The summed E-state index contributed by atoms with van der Waals surface area (Å²) in [4.78, 5) is 21.4. The first-order valence-corrected chi connectivity index (χ1v) is 10.6. The van der Waals surface area contributed by atoms with Gasteiger partial charge >= 0.3 is 0 Å². The number of H-pyrrole nitrogens is 1. The molecule has 0 saturated heterocycles. The maximum atomic E-state index is 13.1. The molecule has 1 fully saturated rings. The topological polar surface area (TPSA) is 67.0 Å². The van der Waals surface area contributed by atoms with Crippen LogP contribution < -0.4 is 10.1 Å². The average molecular weight is 399 g/mol. The number of hydrogen-bond donors (Lipinski definition) is 2. The first-order valence-electron chi connectivity index (χ1n) is 10.6. The molecule has 5 nitrogen and oxygen atoms in total. The molecule has 2 heterocycles. The van der Waals surface area contributed by atoms with E-state index in [9.17, 15) is 4.79 Å². The van der Waals surface area contributed by atoms with E-state index in [1.54, 1.807) is 7.11 Å². The highest BCUT2D eigenvalue weighted by Crippen LogP contribution is 2.36. The summed E-state index contributed by atoms with van der Waals surface area (Å²) >= 11 is 0. The lowest BCUT2D eigenvalue weighted by Crippen LogP contribution is -2.36. The molecule has 0 radical (unpaired) electrons. The Labute approximate surface area is 175 Å². The third kappa shape index (κ3) is 3.30. The number of aromatic amines is 1. The zero-order chi connectivity index (χ0) is 20.5. The summed E-state index contributed by atoms with van der Waals surface area (Å²) in [7, 11) is 1.65. The lowest BCUT2D eigenvalue weighted by Gasteiger charge is -2.22. The average Bonchev–Trinajstić information content (AvgIpc) is 3.18. The molecule has 0 atom stereocenters. The van der Waals surface area contributed by atoms with Gasteiger partial charge in [-0.3, -0.25) is 4.79 Å². The molecule has 5 rings (SSSR count). The number of rotatable bonds is 4. The van der Waals surface area contributed by atoms with Crippen LogP contribution >= 0.6 is 0 Å². The van der Waals surface area contributed by atoms with Crippen molar-refractivity contribution >= 4 is 27.7 Å². The molecule has 0 spiro atoms. The zero-order valence-corrected chi connectivity index (χ0v) is 17.1. The first-order chi connectivity index (χ1) is 14.7. The van der Waals surface area contributed by atoms with Crippen LogP contribution in [-0.4, -0.2) is 29.0 Å². The van der Waals surface area contributed by atoms with E-state index in [2.05, 4.69) is 16.4 Å². The molecule has 0 aliphatic heterocycles. The molecule has 0 bridgehead atoms. The van der Waals surface area contributed by atoms with E-state index in [0.717, 1.165) is 51.7 Å². The van der Waals surface area contributed by atoms with E-state index in [1.807, 2.05) is 48.5 Å². The molecule has 2 aromatic carbocycles. The van der Waals surface area contributed by atoms with Gasteiger partial charge in [-0.25, -0.2) is 4.98 Å². The fraction of sp³-hybridized carbons (Fsp3) is 0.280. The van der Waals surface area contributed by atoms with Crippen LogP contribution in [-0.2, 0) is 0 Å². The second kappa shape index (κ2) is 7.82. The number of amides is 1. The largest absolute Gasteiger partial charge is 0.496 e. The Kier molecular flexibility index (Phi) is 4.87. The number of carbonyl (C=O) groups excluding carboxylic acids is 1. The van der Waals surface area contributed by atoms with Gasteiger partial charge in [-0.15, -0.1) is 0 Å². The second-order valence-electron chi connectivity index (χ2n) is 7.96. The van der Waals surface area contributed by atoms with Crippen molar-refractivity contribution in [3.05, 3.63) is 60.3 Å². The summed E-state index contributed by atoms with van der Waals surface area (Å²) in [5, 5.41) is 5.28. The fourth-order valence-electron chi connectivity index (χ4n) is 4.50. The van der Waals surface area contributed by atoms with Gasteiger partial charge in [-0.2, -0.15) is 0 Å². The maximum Gasteiger partial charge on any atom is 0.270 e. The number of fused-ring (bicyclic) bond motifs is 3. The molecule has 5 heteroatoms. The van der Waals surface area contributed by atoms with Crippen molar-refractivity contribution in [1.29, 1.82) is 0 Å². The predicted octanol–water partition coefficient (Wildman–Crippen LogP) is 5.45. The van der Waals surface area contributed by atoms with Crippen LogP contribution in [0.3, 0.4) is 0 Å². The number of nitrogens with one attached hydrogen (secondary N) is 2. The molecular formula is C25H25N3O2. The summed E-state index contributed by atoms with van der Waals surface area (Å²) in [6, 6.07) is 18.1. The molecule has 1 saturated carbocycles. The Morgan fingerprint density at radius 2 is 1.80 bits per heavy atom. The van der Waals surface area contributed by atoms with Gasteiger partial charge in [-0.05, 0) is 37.1 Å². The van der Waals surface area contributed by atoms with E-state index in [0.29, 0.717) is 5.69 Å². The summed E-state index contributed by atoms with van der Waals surface area (Å²) < 4.78 is 5.59. The molecule has 1 amide bonds. The number of para-hydroxylation sites is 2. The molecule has 1 aliphatic rings. The Hall–Kier alpha value is -3.34. The smallest absolute Gasteiger partial charge is 0.270 e. The normalized spacial score (nSPS) is 14.8. The van der Waals surface area contributed by atoms with E-state index < -0.39 is 0 Å². The molecule has 2 N–H and O–H groups in total. The van der Waals surface area contributed by atoms with Crippen molar-refractivity contribution in [1.82, 2.24) is 15.3 Å². The quantitative estimate of drug-likeness (QED) is 0.479. The highest BCUT2D eigenvalue weighted by atomic mass is 16.5. The van der Waals surface area contributed by atoms with Crippen molar-refractivity contribution in [2.45, 2.75) is 38.1 Å². The van der Waals surface area contributed by atoms with E-state index in [4.69, 9.17) is 9.72 Å². The summed E-state index contributed by atoms with van der Waals surface area (Å²) in [6.45, 7) is 0. The van der Waals surface area contributed by atoms with Crippen molar-refractivity contribution in [3.8, 4) is 17.0 Å². The number of benzene rings is 2. The number of methoxy groups -OCH3 is 1. The third-order valence-electron chi connectivity index (χ3n) is 6.03. The van der Waals surface area contributed by atoms with Gasteiger partial charge in [0.1, 0.15) is 11.4 Å². The van der Waals surface area contributed by atoms with Crippen molar-refractivity contribution in [2.75, 3.05) is 7.11 Å². The van der Waals surface area contributed by atoms with Crippen LogP contribution in [0.15, 0.2) is 54.6 Å². The number of carbonyl (C=O) groups is 1. The number of pyridine rings is 1. The third-order valence-corrected chi connectivity index (χ3v) is 6.03. The standard InChI is InChI=1S/C25H25N3O2/c1-30-22-14-8-6-12-18(22)23-24-19(17-11-5-7-13-20(17)27-24)15-21(28-23)25(29)26-16-9-3-2-4-10-16/h5-8,11-16,27H,2-4,9-10H2,1H3,(H,26,29). The van der Waals surface area contributed by atoms with E-state index >= 15 is 0 Å². The van der Waals surface area contributed by atoms with Crippen LogP contribution in [0.25, 0.3) is 33.1 Å². The van der Waals surface area contributed by atoms with Gasteiger partial charge in [0.05, 0.1) is 18.3 Å². The van der Waals surface area contributed by atoms with Gasteiger partial charge in [0.15, 0.2) is 0 Å². The van der Waals surface area contributed by atoms with Crippen molar-refractivity contribution < 1.29 is 9.53 Å². The summed E-state index contributed by atoms with van der Waals surface area (Å²) in [6.07, 6.45) is 5.68. The Balaban J connectivity index is 1.68. The van der Waals surface area contributed by atoms with E-state index in [-0.39, 0.29) is 11.9 Å². The van der Waals surface area contributed by atoms with Gasteiger partial charge in [-0.1, -0.05) is 49.6 Å². The maximum absolute atomic E-state index is 13.1. The first kappa shape index (κ1) is 18.7. The fourth-order valence-corrected chi connectivity index (χ4v) is 4.50. The monoisotopic (exact) mass is 399 g/mol. The highest BCUT2D eigenvalue weighted by Gasteiger charge is 2.21. The number of ether oxygens (including phenoxy) is 1. The van der Waals surface area contributed by atoms with Crippen molar-refractivity contribution in [2.24, 2.45) is 0 Å². The van der Waals surface area contributed by atoms with E-state index in [1.165, 1.54) is 19.3 Å². The molecule has 1 aliphatic carbocycles. The summed E-state index contributed by atoms with van der Waals surface area (Å²) in [5.74, 6) is 0.625. The summed E-state index contributed by atoms with van der Waals surface area (Å²) in [5.41, 5.74) is 3.97. The SMILES string of the molecule is COc1ccccc1-c1nc(C(=O)NC2CCCCC2)cc2c1[nH]c1ccccc12. The van der Waals surface area contributed by atoms with Crippen LogP contribution in [0.5, 0.6) is 5.75 Å². The van der Waals surface area contributed by atoms with Gasteiger partial charge in [0.2, 0.25) is 0 Å². The van der Waals surface area contributed by atoms with Crippen LogP contribution in [0, 0.1) is 0 Å². The number of aromatic nitrogens is 2. The molecule has 152 valence electrons. The van der Waals surface area contributed by atoms with Gasteiger partial charge in [0, 0.05) is 27.9 Å². The Bertz CT molecular complexity index is 1220. The molecule has 30 heavy (non-hydrogen) atoms.